The van der Waals surface area contributed by atoms with Crippen LogP contribution < -0.4 is 5.73 Å². The predicted molar refractivity (Wildman–Crippen MR) is 66.0 cm³/mol. The number of carbonyl (C=O) groups is 1. The van der Waals surface area contributed by atoms with Crippen LogP contribution in [0.15, 0.2) is 0 Å². The number of carbonyl (C=O) groups excluding carboxylic acids is 1. The maximum absolute atomic E-state index is 12.0. The van der Waals surface area contributed by atoms with Gasteiger partial charge < -0.3 is 10.6 Å². The second kappa shape index (κ2) is 4.74. The van der Waals surface area contributed by atoms with E-state index in [1.54, 1.807) is 0 Å². The Morgan fingerprint density at radius 2 is 2.13 bits per heavy atom. The van der Waals surface area contributed by atoms with Crippen LogP contribution in [0.1, 0.15) is 34.1 Å². The quantitative estimate of drug-likeness (QED) is 0.781. The number of hydrogen-bond donors (Lipinski definition) is 1. The molecule has 1 aliphatic heterocycles. The Morgan fingerprint density at radius 3 is 2.67 bits per heavy atom. The van der Waals surface area contributed by atoms with E-state index in [0.29, 0.717) is 17.7 Å². The molecule has 0 spiro atoms. The molecular weight excluding hydrogens is 208 g/mol. The smallest absolute Gasteiger partial charge is 0.224 e. The first-order valence-corrected chi connectivity index (χ1v) is 6.56. The summed E-state index contributed by atoms with van der Waals surface area (Å²) in [4.78, 5) is 14.0. The van der Waals surface area contributed by atoms with Gasteiger partial charge in [0, 0.05) is 35.5 Å². The zero-order chi connectivity index (χ0) is 11.6. The molecule has 3 nitrogen and oxygen atoms in total. The third-order valence-electron chi connectivity index (χ3n) is 2.81. The highest BCUT2D eigenvalue weighted by molar-refractivity contribution is 8.00. The van der Waals surface area contributed by atoms with E-state index in [2.05, 4.69) is 13.8 Å². The van der Waals surface area contributed by atoms with Crippen molar-refractivity contribution in [3.8, 4) is 0 Å². The van der Waals surface area contributed by atoms with E-state index in [1.165, 1.54) is 0 Å². The topological polar surface area (TPSA) is 46.3 Å². The van der Waals surface area contributed by atoms with Crippen LogP contribution >= 0.6 is 11.8 Å². The summed E-state index contributed by atoms with van der Waals surface area (Å²) in [5, 5.41) is 0.531. The molecule has 1 fully saturated rings. The van der Waals surface area contributed by atoms with Gasteiger partial charge in [-0.1, -0.05) is 6.92 Å². The van der Waals surface area contributed by atoms with Gasteiger partial charge in [0.1, 0.15) is 0 Å². The van der Waals surface area contributed by atoms with Crippen LogP contribution in [0.4, 0.5) is 0 Å². The molecule has 1 aliphatic rings. The van der Waals surface area contributed by atoms with Crippen molar-refractivity contribution in [2.45, 2.75) is 50.9 Å². The summed E-state index contributed by atoms with van der Waals surface area (Å²) in [6, 6.07) is 0.332. The molecule has 0 saturated carbocycles. The van der Waals surface area contributed by atoms with Crippen molar-refractivity contribution >= 4 is 17.7 Å². The molecule has 4 heteroatoms. The number of rotatable bonds is 2. The van der Waals surface area contributed by atoms with Crippen LogP contribution in [0.5, 0.6) is 0 Å². The first kappa shape index (κ1) is 12.8. The largest absolute Gasteiger partial charge is 0.338 e. The number of hydrogen-bond acceptors (Lipinski definition) is 3. The molecular formula is C11H22N2OS. The standard InChI is InChI=1S/C11H22N2OS/c1-8-9(2)15-6-5-13(8)10(14)7-11(3,4)12/h8-9H,5-7,12H2,1-4H3. The highest BCUT2D eigenvalue weighted by atomic mass is 32.2. The van der Waals surface area contributed by atoms with Gasteiger partial charge in [-0.25, -0.2) is 0 Å². The van der Waals surface area contributed by atoms with Crippen molar-refractivity contribution in [1.82, 2.24) is 4.90 Å². The summed E-state index contributed by atoms with van der Waals surface area (Å²) < 4.78 is 0. The second-order valence-electron chi connectivity index (χ2n) is 5.07. The summed E-state index contributed by atoms with van der Waals surface area (Å²) in [5.74, 6) is 1.24. The molecule has 1 saturated heterocycles. The lowest BCUT2D eigenvalue weighted by molar-refractivity contribution is -0.134. The lowest BCUT2D eigenvalue weighted by Crippen LogP contribution is -2.50. The SMILES string of the molecule is CC1SCCN(C(=O)CC(C)(C)N)C1C. The first-order valence-electron chi connectivity index (χ1n) is 5.51. The Hall–Kier alpha value is -0.220. The minimum atomic E-state index is -0.398. The third kappa shape index (κ3) is 3.68. The molecule has 0 aliphatic carbocycles. The van der Waals surface area contributed by atoms with Crippen molar-refractivity contribution in [2.75, 3.05) is 12.3 Å². The maximum atomic E-state index is 12.0. The Kier molecular flexibility index (Phi) is 4.06. The van der Waals surface area contributed by atoms with E-state index in [4.69, 9.17) is 5.73 Å². The molecule has 0 bridgehead atoms. The molecule has 88 valence electrons. The van der Waals surface area contributed by atoms with Gasteiger partial charge in [0.05, 0.1) is 0 Å². The van der Waals surface area contributed by atoms with Crippen molar-refractivity contribution in [2.24, 2.45) is 5.73 Å². The summed E-state index contributed by atoms with van der Waals surface area (Å²) in [5.41, 5.74) is 5.47. The van der Waals surface area contributed by atoms with E-state index in [1.807, 2.05) is 30.5 Å². The predicted octanol–water partition coefficient (Wildman–Crippen LogP) is 1.47. The second-order valence-corrected chi connectivity index (χ2v) is 6.55. The van der Waals surface area contributed by atoms with Crippen LogP contribution in [-0.4, -0.2) is 39.9 Å². The molecule has 1 amide bonds. The highest BCUT2D eigenvalue weighted by Gasteiger charge is 2.30. The number of amides is 1. The average Bonchev–Trinajstić information content (AvgIpc) is 2.06. The van der Waals surface area contributed by atoms with Crippen LogP contribution in [0, 0.1) is 0 Å². The van der Waals surface area contributed by atoms with Crippen molar-refractivity contribution in [1.29, 1.82) is 0 Å². The van der Waals surface area contributed by atoms with Crippen molar-refractivity contribution < 1.29 is 4.79 Å². The van der Waals surface area contributed by atoms with E-state index in [-0.39, 0.29) is 5.91 Å². The van der Waals surface area contributed by atoms with Gasteiger partial charge in [-0.05, 0) is 20.8 Å². The minimum Gasteiger partial charge on any atom is -0.338 e. The third-order valence-corrected chi connectivity index (χ3v) is 4.15. The van der Waals surface area contributed by atoms with E-state index in [9.17, 15) is 4.79 Å². The molecule has 1 rings (SSSR count). The molecule has 2 atom stereocenters. The summed E-state index contributed by atoms with van der Waals surface area (Å²) in [6.45, 7) is 8.97. The van der Waals surface area contributed by atoms with Gasteiger partial charge in [0.25, 0.3) is 0 Å². The molecule has 0 aromatic heterocycles. The fraction of sp³-hybridized carbons (Fsp3) is 0.909. The number of nitrogens with zero attached hydrogens (tertiary/aromatic N) is 1. The first-order chi connectivity index (χ1) is 6.81. The fourth-order valence-electron chi connectivity index (χ4n) is 1.78. The minimum absolute atomic E-state index is 0.196. The Bertz CT molecular complexity index is 237. The van der Waals surface area contributed by atoms with Gasteiger partial charge in [0.15, 0.2) is 0 Å². The molecule has 0 radical (unpaired) electrons. The normalized spacial score (nSPS) is 27.9. The highest BCUT2D eigenvalue weighted by Crippen LogP contribution is 2.25. The van der Waals surface area contributed by atoms with Gasteiger partial charge in [-0.15, -0.1) is 0 Å². The summed E-state index contributed by atoms with van der Waals surface area (Å²) in [7, 11) is 0. The Morgan fingerprint density at radius 1 is 1.53 bits per heavy atom. The monoisotopic (exact) mass is 230 g/mol. The Labute approximate surface area is 96.8 Å². The van der Waals surface area contributed by atoms with Crippen LogP contribution in [0.25, 0.3) is 0 Å². The van der Waals surface area contributed by atoms with E-state index >= 15 is 0 Å². The van der Waals surface area contributed by atoms with E-state index in [0.717, 1.165) is 12.3 Å². The van der Waals surface area contributed by atoms with Crippen LogP contribution in [0.2, 0.25) is 0 Å². The zero-order valence-corrected chi connectivity index (χ0v) is 10.9. The molecule has 0 aromatic carbocycles. The zero-order valence-electron chi connectivity index (χ0n) is 10.1. The molecule has 15 heavy (non-hydrogen) atoms. The van der Waals surface area contributed by atoms with Crippen molar-refractivity contribution in [3.63, 3.8) is 0 Å². The van der Waals surface area contributed by atoms with Gasteiger partial charge in [-0.3, -0.25) is 4.79 Å². The molecule has 0 aromatic rings. The lowest BCUT2D eigenvalue weighted by atomic mass is 10.0. The maximum Gasteiger partial charge on any atom is 0.224 e. The van der Waals surface area contributed by atoms with Crippen LogP contribution in [-0.2, 0) is 4.79 Å². The van der Waals surface area contributed by atoms with E-state index < -0.39 is 5.54 Å². The summed E-state index contributed by atoms with van der Waals surface area (Å²) in [6.07, 6.45) is 0.439. The summed E-state index contributed by atoms with van der Waals surface area (Å²) >= 11 is 1.94. The van der Waals surface area contributed by atoms with Gasteiger partial charge in [-0.2, -0.15) is 11.8 Å². The lowest BCUT2D eigenvalue weighted by Gasteiger charge is -2.38. The number of thioether (sulfide) groups is 1. The van der Waals surface area contributed by atoms with Crippen LogP contribution in [0.3, 0.4) is 0 Å². The van der Waals surface area contributed by atoms with Gasteiger partial charge in [0.2, 0.25) is 5.91 Å². The van der Waals surface area contributed by atoms with Gasteiger partial charge >= 0.3 is 0 Å². The molecule has 2 unspecified atom stereocenters. The Balaban J connectivity index is 2.59. The number of nitrogens with two attached hydrogens (primary N) is 1. The molecule has 1 heterocycles. The molecule has 2 N–H and O–H groups in total. The van der Waals surface area contributed by atoms with Crippen molar-refractivity contribution in [3.05, 3.63) is 0 Å². The fourth-order valence-corrected chi connectivity index (χ4v) is 2.88. The average molecular weight is 230 g/mol.